The van der Waals surface area contributed by atoms with Crippen molar-refractivity contribution in [1.82, 2.24) is 0 Å². The third-order valence-corrected chi connectivity index (χ3v) is 11.4. The van der Waals surface area contributed by atoms with Crippen molar-refractivity contribution in [2.24, 2.45) is 0 Å². The summed E-state index contributed by atoms with van der Waals surface area (Å²) in [4.78, 5) is 0. The van der Waals surface area contributed by atoms with Gasteiger partial charge in [-0.15, -0.1) is 0 Å². The Bertz CT molecular complexity index is 2380. The van der Waals surface area contributed by atoms with Gasteiger partial charge in [-0.3, -0.25) is 0 Å². The molecular weight excluding hydrogens is 608 g/mol. The van der Waals surface area contributed by atoms with E-state index in [1.165, 1.54) is 88.7 Å². The van der Waals surface area contributed by atoms with E-state index in [0.29, 0.717) is 0 Å². The van der Waals surface area contributed by atoms with Gasteiger partial charge in [0.05, 0.1) is 5.41 Å². The Morgan fingerprint density at radius 1 is 0.400 bits per heavy atom. The fourth-order valence-corrected chi connectivity index (χ4v) is 9.35. The lowest BCUT2D eigenvalue weighted by Crippen LogP contribution is -2.25. The van der Waals surface area contributed by atoms with Gasteiger partial charge in [-0.25, -0.2) is 0 Å². The van der Waals surface area contributed by atoms with E-state index in [-0.39, 0.29) is 10.8 Å². The maximum atomic E-state index is 3.72. The van der Waals surface area contributed by atoms with Crippen LogP contribution in [0.4, 0.5) is 0 Å². The van der Waals surface area contributed by atoms with Crippen LogP contribution in [0.5, 0.6) is 0 Å². The number of benzene rings is 7. The Kier molecular flexibility index (Phi) is 4.95. The molecule has 0 aliphatic heterocycles. The van der Waals surface area contributed by atoms with Crippen molar-refractivity contribution in [3.8, 4) is 44.5 Å². The molecule has 212 valence electrons. The molecule has 0 unspecified atom stereocenters. The molecule has 0 nitrogen and oxygen atoms in total. The third kappa shape index (κ3) is 3.12. The lowest BCUT2D eigenvalue weighted by molar-refractivity contribution is 0.660. The van der Waals surface area contributed by atoms with E-state index in [2.05, 4.69) is 169 Å². The first-order valence-electron chi connectivity index (χ1n) is 15.8. The quantitative estimate of drug-likeness (QED) is 0.168. The largest absolute Gasteiger partial charge is 0.0725 e. The zero-order valence-corrected chi connectivity index (χ0v) is 26.7. The number of halogens is 1. The summed E-state index contributed by atoms with van der Waals surface area (Å²) in [7, 11) is 0. The molecule has 0 amide bonds. The average molecular weight is 638 g/mol. The maximum absolute atomic E-state index is 3.72. The number of hydrogen-bond donors (Lipinski definition) is 0. The van der Waals surface area contributed by atoms with Crippen LogP contribution >= 0.6 is 15.9 Å². The Labute approximate surface area is 272 Å². The van der Waals surface area contributed by atoms with Crippen molar-refractivity contribution >= 4 is 26.7 Å². The molecule has 0 fully saturated rings. The SMILES string of the molecule is CC1(C)c2cc(Br)ccc2-c2ccc(-c3cccc4cc5c(cc34)-c3ccccc3C53c4ccccc4-c4ccccc43)cc21. The fourth-order valence-electron chi connectivity index (χ4n) is 8.99. The van der Waals surface area contributed by atoms with Gasteiger partial charge < -0.3 is 0 Å². The van der Waals surface area contributed by atoms with Crippen molar-refractivity contribution in [1.29, 1.82) is 0 Å². The van der Waals surface area contributed by atoms with Crippen molar-refractivity contribution < 1.29 is 0 Å². The van der Waals surface area contributed by atoms with Crippen LogP contribution in [0.3, 0.4) is 0 Å². The summed E-state index contributed by atoms with van der Waals surface area (Å²) in [6.45, 7) is 4.72. The number of hydrogen-bond acceptors (Lipinski definition) is 0. The Hall–Kier alpha value is -4.72. The zero-order valence-electron chi connectivity index (χ0n) is 25.2. The smallest absolute Gasteiger partial charge is 0.0619 e. The van der Waals surface area contributed by atoms with Crippen LogP contribution in [0, 0.1) is 0 Å². The van der Waals surface area contributed by atoms with Gasteiger partial charge in [0.2, 0.25) is 0 Å². The predicted octanol–water partition coefficient (Wildman–Crippen LogP) is 11.9. The second-order valence-electron chi connectivity index (χ2n) is 13.4. The monoisotopic (exact) mass is 636 g/mol. The van der Waals surface area contributed by atoms with E-state index in [0.717, 1.165) is 4.47 Å². The molecule has 0 heterocycles. The first-order valence-corrected chi connectivity index (χ1v) is 16.6. The van der Waals surface area contributed by atoms with Crippen LogP contribution in [-0.2, 0) is 10.8 Å². The van der Waals surface area contributed by atoms with Crippen LogP contribution in [-0.4, -0.2) is 0 Å². The lowest BCUT2D eigenvalue weighted by atomic mass is 9.70. The van der Waals surface area contributed by atoms with Gasteiger partial charge >= 0.3 is 0 Å². The molecule has 0 atom stereocenters. The van der Waals surface area contributed by atoms with Crippen LogP contribution in [0.25, 0.3) is 55.3 Å². The standard InChI is InChI=1S/C44H29Br/c1-43(2)40-22-27(18-20-33(40)34-21-19-28(45)24-41(34)43)29-14-9-10-26-23-42-36(25-35(26)29)32-13-5-8-17-39(32)44(42)37-15-6-3-11-30(37)31-12-4-7-16-38(31)44/h3-25H,1-2H3. The number of rotatable bonds is 1. The van der Waals surface area contributed by atoms with Crippen LogP contribution in [0.15, 0.2) is 144 Å². The lowest BCUT2D eigenvalue weighted by Gasteiger charge is -2.30. The third-order valence-electron chi connectivity index (χ3n) is 10.9. The molecule has 3 aliphatic carbocycles. The molecule has 0 saturated carbocycles. The second kappa shape index (κ2) is 8.71. The molecule has 0 bridgehead atoms. The molecule has 0 radical (unpaired) electrons. The molecule has 45 heavy (non-hydrogen) atoms. The zero-order chi connectivity index (χ0) is 30.1. The summed E-state index contributed by atoms with van der Waals surface area (Å²) in [5, 5.41) is 2.59. The molecule has 7 aromatic carbocycles. The van der Waals surface area contributed by atoms with E-state index < -0.39 is 0 Å². The molecule has 0 saturated heterocycles. The van der Waals surface area contributed by atoms with E-state index >= 15 is 0 Å². The first kappa shape index (κ1) is 25.6. The van der Waals surface area contributed by atoms with Crippen LogP contribution < -0.4 is 0 Å². The molecule has 3 aliphatic rings. The van der Waals surface area contributed by atoms with E-state index in [1.807, 2.05) is 0 Å². The molecule has 0 N–H and O–H groups in total. The van der Waals surface area contributed by atoms with Gasteiger partial charge in [0, 0.05) is 9.89 Å². The van der Waals surface area contributed by atoms with Gasteiger partial charge in [-0.1, -0.05) is 139 Å². The highest BCUT2D eigenvalue weighted by Gasteiger charge is 2.51. The Morgan fingerprint density at radius 2 is 0.933 bits per heavy atom. The Morgan fingerprint density at radius 3 is 1.60 bits per heavy atom. The molecule has 1 spiro atoms. The van der Waals surface area contributed by atoms with Crippen molar-refractivity contribution in [3.05, 3.63) is 177 Å². The van der Waals surface area contributed by atoms with Crippen molar-refractivity contribution in [2.75, 3.05) is 0 Å². The second-order valence-corrected chi connectivity index (χ2v) is 14.3. The maximum Gasteiger partial charge on any atom is 0.0725 e. The number of fused-ring (bicyclic) bond motifs is 14. The highest BCUT2D eigenvalue weighted by Crippen LogP contribution is 2.63. The van der Waals surface area contributed by atoms with Gasteiger partial charge in [0.25, 0.3) is 0 Å². The van der Waals surface area contributed by atoms with E-state index in [4.69, 9.17) is 0 Å². The summed E-state index contributed by atoms with van der Waals surface area (Å²) in [5.41, 5.74) is 18.6. The summed E-state index contributed by atoms with van der Waals surface area (Å²) in [6.07, 6.45) is 0. The summed E-state index contributed by atoms with van der Waals surface area (Å²) >= 11 is 3.72. The topological polar surface area (TPSA) is 0 Å². The summed E-state index contributed by atoms with van der Waals surface area (Å²) in [5.74, 6) is 0. The minimum atomic E-state index is -0.318. The highest BCUT2D eigenvalue weighted by atomic mass is 79.9. The van der Waals surface area contributed by atoms with E-state index in [9.17, 15) is 0 Å². The summed E-state index contributed by atoms with van der Waals surface area (Å²) in [6, 6.07) is 52.8. The molecular formula is C44H29Br. The molecule has 7 aromatic rings. The van der Waals surface area contributed by atoms with Crippen molar-refractivity contribution in [2.45, 2.75) is 24.7 Å². The van der Waals surface area contributed by atoms with Crippen molar-refractivity contribution in [3.63, 3.8) is 0 Å². The van der Waals surface area contributed by atoms with Gasteiger partial charge in [-0.2, -0.15) is 0 Å². The fraction of sp³-hybridized carbons (Fsp3) is 0.0909. The van der Waals surface area contributed by atoms with Gasteiger partial charge in [0.15, 0.2) is 0 Å². The van der Waals surface area contributed by atoms with E-state index in [1.54, 1.807) is 0 Å². The molecule has 10 rings (SSSR count). The average Bonchev–Trinajstić information content (AvgIpc) is 3.62. The van der Waals surface area contributed by atoms with Gasteiger partial charge in [-0.05, 0) is 119 Å². The minimum absolute atomic E-state index is 0.0646. The minimum Gasteiger partial charge on any atom is -0.0619 e. The predicted molar refractivity (Wildman–Crippen MR) is 191 cm³/mol. The first-order chi connectivity index (χ1) is 22.0. The highest BCUT2D eigenvalue weighted by molar-refractivity contribution is 9.10. The molecule has 0 aromatic heterocycles. The van der Waals surface area contributed by atoms with Crippen LogP contribution in [0.1, 0.15) is 47.2 Å². The molecule has 1 heteroatoms. The Balaban J connectivity index is 1.23. The summed E-state index contributed by atoms with van der Waals surface area (Å²) < 4.78 is 1.14. The van der Waals surface area contributed by atoms with Gasteiger partial charge in [0.1, 0.15) is 0 Å². The normalized spacial score (nSPS) is 15.4. The van der Waals surface area contributed by atoms with Crippen LogP contribution in [0.2, 0.25) is 0 Å².